The van der Waals surface area contributed by atoms with Gasteiger partial charge in [-0.2, -0.15) is 0 Å². The number of carboxylic acid groups (broad SMARTS) is 1. The summed E-state index contributed by atoms with van der Waals surface area (Å²) in [6, 6.07) is 4.69. The van der Waals surface area contributed by atoms with Crippen LogP contribution in [-0.4, -0.2) is 20.2 Å². The van der Waals surface area contributed by atoms with Crippen LogP contribution in [0.25, 0.3) is 5.69 Å². The topological polar surface area (TPSA) is 81.3 Å². The van der Waals surface area contributed by atoms with E-state index in [1.807, 2.05) is 0 Å². The highest BCUT2D eigenvalue weighted by Crippen LogP contribution is 2.34. The number of hydrogen-bond acceptors (Lipinski definition) is 3. The van der Waals surface area contributed by atoms with Gasteiger partial charge in [-0.1, -0.05) is 0 Å². The molecule has 0 atom stereocenters. The Morgan fingerprint density at radius 1 is 1.23 bits per heavy atom. The number of nitrogens with zero attached hydrogens (tertiary/aromatic N) is 2. The van der Waals surface area contributed by atoms with Gasteiger partial charge < -0.3 is 5.11 Å². The third-order valence-corrected chi connectivity index (χ3v) is 3.75. The van der Waals surface area contributed by atoms with Crippen LogP contribution in [-0.2, 0) is 0 Å². The predicted octanol–water partition coefficient (Wildman–Crippen LogP) is 1.48. The third kappa shape index (κ3) is 2.14. The van der Waals surface area contributed by atoms with Crippen molar-refractivity contribution in [1.29, 1.82) is 0 Å². The molecule has 1 N–H and O–H groups in total. The lowest BCUT2D eigenvalue weighted by Gasteiger charge is -2.15. The first-order valence-corrected chi connectivity index (χ1v) is 6.79. The molecule has 1 aliphatic carbocycles. The lowest BCUT2D eigenvalue weighted by Crippen LogP contribution is -2.43. The SMILES string of the molecule is Cc1c(C(=O)O)c(=O)n(-c2ccc(F)cc2)c(=O)n1C1CC1. The van der Waals surface area contributed by atoms with Gasteiger partial charge in [0.25, 0.3) is 5.56 Å². The summed E-state index contributed by atoms with van der Waals surface area (Å²) in [5.41, 5.74) is -1.63. The Bertz CT molecular complexity index is 876. The average molecular weight is 304 g/mol. The van der Waals surface area contributed by atoms with E-state index in [4.69, 9.17) is 0 Å². The molecule has 0 saturated heterocycles. The molecule has 6 nitrogen and oxygen atoms in total. The van der Waals surface area contributed by atoms with Gasteiger partial charge in [-0.25, -0.2) is 18.5 Å². The number of hydrogen-bond donors (Lipinski definition) is 1. The van der Waals surface area contributed by atoms with Gasteiger partial charge in [0.05, 0.1) is 5.69 Å². The zero-order valence-corrected chi connectivity index (χ0v) is 11.7. The Kier molecular flexibility index (Phi) is 3.20. The van der Waals surface area contributed by atoms with E-state index in [0.717, 1.165) is 29.5 Å². The number of aromatic carboxylic acids is 1. The number of carboxylic acids is 1. The fraction of sp³-hybridized carbons (Fsp3) is 0.267. The summed E-state index contributed by atoms with van der Waals surface area (Å²) in [6.07, 6.45) is 1.53. The summed E-state index contributed by atoms with van der Waals surface area (Å²) in [6.45, 7) is 1.46. The molecule has 3 rings (SSSR count). The summed E-state index contributed by atoms with van der Waals surface area (Å²) in [4.78, 5) is 36.4. The molecule has 0 bridgehead atoms. The van der Waals surface area contributed by atoms with Gasteiger partial charge in [0, 0.05) is 11.7 Å². The highest BCUT2D eigenvalue weighted by molar-refractivity contribution is 5.88. The van der Waals surface area contributed by atoms with Gasteiger partial charge in [0.2, 0.25) is 0 Å². The van der Waals surface area contributed by atoms with Crippen LogP contribution in [0.1, 0.15) is 34.9 Å². The van der Waals surface area contributed by atoms with Crippen molar-refractivity contribution in [2.24, 2.45) is 0 Å². The molecule has 1 aromatic carbocycles. The number of rotatable bonds is 3. The molecule has 22 heavy (non-hydrogen) atoms. The van der Waals surface area contributed by atoms with Crippen molar-refractivity contribution in [3.63, 3.8) is 0 Å². The Hall–Kier alpha value is -2.70. The first-order chi connectivity index (χ1) is 10.4. The van der Waals surface area contributed by atoms with Crippen molar-refractivity contribution in [3.8, 4) is 5.69 Å². The highest BCUT2D eigenvalue weighted by atomic mass is 19.1. The van der Waals surface area contributed by atoms with E-state index in [2.05, 4.69) is 0 Å². The standard InChI is InChI=1S/C15H13FN2O4/c1-8-12(14(20)21)13(19)18(11-4-2-9(16)3-5-11)15(22)17(8)10-6-7-10/h2-5,10H,6-7H2,1H3,(H,20,21). The van der Waals surface area contributed by atoms with Crippen LogP contribution < -0.4 is 11.2 Å². The highest BCUT2D eigenvalue weighted by Gasteiger charge is 2.31. The lowest BCUT2D eigenvalue weighted by atomic mass is 10.2. The van der Waals surface area contributed by atoms with Crippen LogP contribution in [0.5, 0.6) is 0 Å². The summed E-state index contributed by atoms with van der Waals surface area (Å²) in [7, 11) is 0. The van der Waals surface area contributed by atoms with Crippen LogP contribution in [0.2, 0.25) is 0 Å². The predicted molar refractivity (Wildman–Crippen MR) is 76.2 cm³/mol. The van der Waals surface area contributed by atoms with Crippen LogP contribution in [0, 0.1) is 12.7 Å². The molecule has 1 aliphatic rings. The minimum absolute atomic E-state index is 0.0853. The molecular formula is C15H13FN2O4. The molecule has 0 amide bonds. The van der Waals surface area contributed by atoms with Gasteiger partial charge in [-0.3, -0.25) is 9.36 Å². The van der Waals surface area contributed by atoms with E-state index >= 15 is 0 Å². The Morgan fingerprint density at radius 2 is 1.82 bits per heavy atom. The summed E-state index contributed by atoms with van der Waals surface area (Å²) in [5.74, 6) is -1.89. The maximum atomic E-state index is 13.0. The molecule has 0 spiro atoms. The third-order valence-electron chi connectivity index (χ3n) is 3.75. The van der Waals surface area contributed by atoms with Crippen molar-refractivity contribution < 1.29 is 14.3 Å². The molecule has 1 saturated carbocycles. The van der Waals surface area contributed by atoms with Gasteiger partial charge >= 0.3 is 11.7 Å². The van der Waals surface area contributed by atoms with Gasteiger partial charge in [-0.05, 0) is 44.0 Å². The normalized spacial score (nSPS) is 14.1. The maximum Gasteiger partial charge on any atom is 0.343 e. The molecule has 0 aliphatic heterocycles. The smallest absolute Gasteiger partial charge is 0.343 e. The van der Waals surface area contributed by atoms with Crippen molar-refractivity contribution in [2.45, 2.75) is 25.8 Å². The van der Waals surface area contributed by atoms with Gasteiger partial charge in [0.15, 0.2) is 0 Å². The van der Waals surface area contributed by atoms with Gasteiger partial charge in [-0.15, -0.1) is 0 Å². The van der Waals surface area contributed by atoms with E-state index in [1.54, 1.807) is 0 Å². The number of benzene rings is 1. The van der Waals surface area contributed by atoms with Gasteiger partial charge in [0.1, 0.15) is 11.4 Å². The second-order valence-electron chi connectivity index (χ2n) is 5.27. The molecule has 2 aromatic rings. The average Bonchev–Trinajstić information content (AvgIpc) is 3.25. The minimum atomic E-state index is -1.38. The maximum absolute atomic E-state index is 13.0. The van der Waals surface area contributed by atoms with E-state index in [9.17, 15) is 23.9 Å². The Balaban J connectivity index is 2.39. The van der Waals surface area contributed by atoms with Crippen molar-refractivity contribution >= 4 is 5.97 Å². The molecule has 1 aromatic heterocycles. The number of carbonyl (C=O) groups is 1. The monoisotopic (exact) mass is 304 g/mol. The molecule has 1 heterocycles. The first-order valence-electron chi connectivity index (χ1n) is 6.79. The van der Waals surface area contributed by atoms with E-state index < -0.39 is 28.6 Å². The van der Waals surface area contributed by atoms with E-state index in [-0.39, 0.29) is 17.4 Å². The second kappa shape index (κ2) is 4.94. The quantitative estimate of drug-likeness (QED) is 0.931. The molecule has 1 fully saturated rings. The minimum Gasteiger partial charge on any atom is -0.477 e. The lowest BCUT2D eigenvalue weighted by molar-refractivity contribution is 0.0692. The molecule has 0 unspecified atom stereocenters. The molecule has 7 heteroatoms. The molecular weight excluding hydrogens is 291 g/mol. The summed E-state index contributed by atoms with van der Waals surface area (Å²) >= 11 is 0. The number of halogens is 1. The summed E-state index contributed by atoms with van der Waals surface area (Å²) < 4.78 is 15.2. The van der Waals surface area contributed by atoms with Crippen LogP contribution >= 0.6 is 0 Å². The van der Waals surface area contributed by atoms with Crippen LogP contribution in [0.3, 0.4) is 0 Å². The second-order valence-corrected chi connectivity index (χ2v) is 5.27. The fourth-order valence-electron chi connectivity index (χ4n) is 2.55. The largest absolute Gasteiger partial charge is 0.477 e. The molecule has 114 valence electrons. The first kappa shape index (κ1) is 14.2. The van der Waals surface area contributed by atoms with Crippen LogP contribution in [0.15, 0.2) is 33.9 Å². The van der Waals surface area contributed by atoms with Crippen LogP contribution in [0.4, 0.5) is 4.39 Å². The van der Waals surface area contributed by atoms with Crippen molar-refractivity contribution in [2.75, 3.05) is 0 Å². The zero-order valence-electron chi connectivity index (χ0n) is 11.7. The zero-order chi connectivity index (χ0) is 16.0. The summed E-state index contributed by atoms with van der Waals surface area (Å²) in [5, 5.41) is 9.29. The Morgan fingerprint density at radius 3 is 2.32 bits per heavy atom. The number of aromatic nitrogens is 2. The Labute approximate surface area is 124 Å². The van der Waals surface area contributed by atoms with Crippen molar-refractivity contribution in [1.82, 2.24) is 9.13 Å². The van der Waals surface area contributed by atoms with E-state index in [1.165, 1.54) is 23.6 Å². The van der Waals surface area contributed by atoms with Crippen molar-refractivity contribution in [3.05, 3.63) is 62.2 Å². The molecule has 0 radical (unpaired) electrons. The fourth-order valence-corrected chi connectivity index (χ4v) is 2.55. The van der Waals surface area contributed by atoms with E-state index in [0.29, 0.717) is 0 Å².